The van der Waals surface area contributed by atoms with E-state index in [1.54, 1.807) is 12.1 Å². The number of anilines is 1. The number of fused-ring (bicyclic) bond motifs is 1. The minimum Gasteiger partial charge on any atom is -0.364 e. The monoisotopic (exact) mass is 405 g/mol. The molecule has 0 atom stereocenters. The van der Waals surface area contributed by atoms with E-state index in [4.69, 9.17) is 4.74 Å². The van der Waals surface area contributed by atoms with Crippen molar-refractivity contribution in [3.63, 3.8) is 0 Å². The van der Waals surface area contributed by atoms with Gasteiger partial charge in [0.25, 0.3) is 0 Å². The van der Waals surface area contributed by atoms with E-state index in [1.165, 1.54) is 37.6 Å². The molecule has 0 fully saturated rings. The first-order chi connectivity index (χ1) is 12.9. The summed E-state index contributed by atoms with van der Waals surface area (Å²) in [6.07, 6.45) is 0. The molecule has 1 amide bonds. The molecule has 0 spiro atoms. The van der Waals surface area contributed by atoms with E-state index in [9.17, 15) is 13.2 Å². The number of carbonyl (C=O) groups is 1. The van der Waals surface area contributed by atoms with Crippen LogP contribution in [0.3, 0.4) is 0 Å². The summed E-state index contributed by atoms with van der Waals surface area (Å²) in [5.41, 5.74) is 1.30. The van der Waals surface area contributed by atoms with E-state index in [0.717, 1.165) is 19.5 Å². The second-order valence-corrected chi connectivity index (χ2v) is 9.20. The van der Waals surface area contributed by atoms with Crippen molar-refractivity contribution in [2.24, 2.45) is 0 Å². The fourth-order valence-corrected chi connectivity index (χ4v) is 4.21. The highest BCUT2D eigenvalue weighted by Gasteiger charge is 2.17. The number of nitrogens with one attached hydrogen (secondary N) is 1. The number of para-hydroxylation sites is 1. The third-order valence-corrected chi connectivity index (χ3v) is 6.51. The molecular formula is C18H19N3O4S2. The first-order valence-corrected chi connectivity index (χ1v) is 10.4. The second kappa shape index (κ2) is 8.13. The highest BCUT2D eigenvalue weighted by Crippen LogP contribution is 2.22. The quantitative estimate of drug-likeness (QED) is 0.653. The summed E-state index contributed by atoms with van der Waals surface area (Å²) < 4.78 is 31.9. The van der Waals surface area contributed by atoms with Crippen LogP contribution in [-0.4, -0.2) is 44.3 Å². The minimum atomic E-state index is -3.56. The van der Waals surface area contributed by atoms with Gasteiger partial charge in [-0.25, -0.2) is 17.7 Å². The highest BCUT2D eigenvalue weighted by molar-refractivity contribution is 7.89. The Bertz CT molecular complexity index is 1030. The van der Waals surface area contributed by atoms with Crippen LogP contribution < -0.4 is 5.32 Å². The number of hydrogen-bond donors (Lipinski definition) is 1. The molecule has 0 aliphatic rings. The largest absolute Gasteiger partial charge is 0.364 e. The predicted molar refractivity (Wildman–Crippen MR) is 105 cm³/mol. The predicted octanol–water partition coefficient (Wildman–Crippen LogP) is 2.70. The standard InChI is InChI=1S/C18H19N3O4S2/c1-21(2)27(23,24)14-7-5-6-13(10-14)19-17(22)11-25-12-18-20-15-8-3-4-9-16(15)26-18/h3-10H,11-12H2,1-2H3,(H,19,22). The first kappa shape index (κ1) is 19.4. The molecule has 1 N–H and O–H groups in total. The Kier molecular flexibility index (Phi) is 5.85. The Morgan fingerprint density at radius 3 is 2.70 bits per heavy atom. The van der Waals surface area contributed by atoms with E-state index in [2.05, 4.69) is 10.3 Å². The lowest BCUT2D eigenvalue weighted by molar-refractivity contribution is -0.121. The van der Waals surface area contributed by atoms with Crippen molar-refractivity contribution in [3.05, 3.63) is 53.5 Å². The molecule has 27 heavy (non-hydrogen) atoms. The normalized spacial score (nSPS) is 11.8. The van der Waals surface area contributed by atoms with Gasteiger partial charge in [-0.05, 0) is 30.3 Å². The van der Waals surface area contributed by atoms with Crippen LogP contribution in [0.1, 0.15) is 5.01 Å². The van der Waals surface area contributed by atoms with Gasteiger partial charge in [0.1, 0.15) is 11.6 Å². The van der Waals surface area contributed by atoms with Crippen LogP contribution >= 0.6 is 11.3 Å². The second-order valence-electron chi connectivity index (χ2n) is 5.93. The topological polar surface area (TPSA) is 88.6 Å². The van der Waals surface area contributed by atoms with Gasteiger partial charge in [0.05, 0.1) is 21.7 Å². The summed E-state index contributed by atoms with van der Waals surface area (Å²) in [6, 6.07) is 13.9. The van der Waals surface area contributed by atoms with Gasteiger partial charge in [-0.1, -0.05) is 18.2 Å². The Balaban J connectivity index is 1.56. The molecule has 0 saturated heterocycles. The van der Waals surface area contributed by atoms with Crippen LogP contribution in [0, 0.1) is 0 Å². The first-order valence-electron chi connectivity index (χ1n) is 8.11. The minimum absolute atomic E-state index is 0.112. The summed E-state index contributed by atoms with van der Waals surface area (Å²) in [6.45, 7) is 0.0857. The Hall–Kier alpha value is -2.33. The molecule has 3 aromatic rings. The molecule has 0 unspecified atom stereocenters. The molecule has 9 heteroatoms. The van der Waals surface area contributed by atoms with Crippen molar-refractivity contribution >= 4 is 43.2 Å². The van der Waals surface area contributed by atoms with Gasteiger partial charge < -0.3 is 10.1 Å². The van der Waals surface area contributed by atoms with E-state index in [-0.39, 0.29) is 24.0 Å². The number of aromatic nitrogens is 1. The summed E-state index contributed by atoms with van der Waals surface area (Å²) >= 11 is 1.52. The fraction of sp³-hybridized carbons (Fsp3) is 0.222. The summed E-state index contributed by atoms with van der Waals surface area (Å²) in [4.78, 5) is 16.6. The van der Waals surface area contributed by atoms with Crippen molar-refractivity contribution in [3.8, 4) is 0 Å². The number of benzene rings is 2. The molecule has 0 bridgehead atoms. The Labute approximate surface area is 161 Å². The Morgan fingerprint density at radius 1 is 1.19 bits per heavy atom. The van der Waals surface area contributed by atoms with Crippen molar-refractivity contribution in [2.45, 2.75) is 11.5 Å². The third-order valence-electron chi connectivity index (χ3n) is 3.69. The van der Waals surface area contributed by atoms with E-state index < -0.39 is 10.0 Å². The number of carbonyl (C=O) groups excluding carboxylic acids is 1. The van der Waals surface area contributed by atoms with Gasteiger partial charge in [-0.3, -0.25) is 4.79 Å². The number of rotatable bonds is 7. The number of thiazole rings is 1. The maximum absolute atomic E-state index is 12.2. The molecule has 2 aromatic carbocycles. The molecule has 1 heterocycles. The highest BCUT2D eigenvalue weighted by atomic mass is 32.2. The van der Waals surface area contributed by atoms with Gasteiger partial charge in [0, 0.05) is 19.8 Å². The summed E-state index contributed by atoms with van der Waals surface area (Å²) in [5.74, 6) is -0.365. The van der Waals surface area contributed by atoms with Crippen LogP contribution in [0.4, 0.5) is 5.69 Å². The van der Waals surface area contributed by atoms with Crippen LogP contribution in [0.5, 0.6) is 0 Å². The van der Waals surface area contributed by atoms with Gasteiger partial charge in [-0.15, -0.1) is 11.3 Å². The van der Waals surface area contributed by atoms with Crippen molar-refractivity contribution < 1.29 is 17.9 Å². The lowest BCUT2D eigenvalue weighted by atomic mass is 10.3. The van der Waals surface area contributed by atoms with Crippen molar-refractivity contribution in [2.75, 3.05) is 26.0 Å². The van der Waals surface area contributed by atoms with Crippen LogP contribution in [0.15, 0.2) is 53.4 Å². The molecule has 7 nitrogen and oxygen atoms in total. The molecule has 0 aliphatic heterocycles. The van der Waals surface area contributed by atoms with Crippen LogP contribution in [0.2, 0.25) is 0 Å². The molecule has 0 saturated carbocycles. The van der Waals surface area contributed by atoms with Crippen LogP contribution in [0.25, 0.3) is 10.2 Å². The van der Waals surface area contributed by atoms with Gasteiger partial charge in [0.2, 0.25) is 15.9 Å². The van der Waals surface area contributed by atoms with Gasteiger partial charge >= 0.3 is 0 Å². The number of amides is 1. The zero-order chi connectivity index (χ0) is 19.4. The molecule has 142 valence electrons. The fourth-order valence-electron chi connectivity index (χ4n) is 2.35. The van der Waals surface area contributed by atoms with Crippen molar-refractivity contribution in [1.82, 2.24) is 9.29 Å². The summed E-state index contributed by atoms with van der Waals surface area (Å²) in [7, 11) is -0.647. The maximum Gasteiger partial charge on any atom is 0.250 e. The molecular weight excluding hydrogens is 386 g/mol. The lowest BCUT2D eigenvalue weighted by Gasteiger charge is -2.12. The number of nitrogens with zero attached hydrogens (tertiary/aromatic N) is 2. The zero-order valence-corrected chi connectivity index (χ0v) is 16.5. The molecule has 0 radical (unpaired) electrons. The SMILES string of the molecule is CN(C)S(=O)(=O)c1cccc(NC(=O)COCc2nc3ccccc3s2)c1. The number of sulfonamides is 1. The van der Waals surface area contributed by atoms with Crippen LogP contribution in [-0.2, 0) is 26.2 Å². The zero-order valence-electron chi connectivity index (χ0n) is 14.9. The Morgan fingerprint density at radius 2 is 1.96 bits per heavy atom. The lowest BCUT2D eigenvalue weighted by Crippen LogP contribution is -2.23. The molecule has 3 rings (SSSR count). The maximum atomic E-state index is 12.2. The molecule has 1 aromatic heterocycles. The number of ether oxygens (including phenoxy) is 1. The van der Waals surface area contributed by atoms with Gasteiger partial charge in [-0.2, -0.15) is 0 Å². The average molecular weight is 406 g/mol. The van der Waals surface area contributed by atoms with E-state index in [1.807, 2.05) is 24.3 Å². The summed E-state index contributed by atoms with van der Waals surface area (Å²) in [5, 5.41) is 3.44. The smallest absolute Gasteiger partial charge is 0.250 e. The number of hydrogen-bond acceptors (Lipinski definition) is 6. The third kappa shape index (κ3) is 4.69. The average Bonchev–Trinajstić information content (AvgIpc) is 3.04. The van der Waals surface area contributed by atoms with Crippen molar-refractivity contribution in [1.29, 1.82) is 0 Å². The molecule has 0 aliphatic carbocycles. The van der Waals surface area contributed by atoms with E-state index in [0.29, 0.717) is 5.69 Å². The van der Waals surface area contributed by atoms with E-state index >= 15 is 0 Å². The van der Waals surface area contributed by atoms with Gasteiger partial charge in [0.15, 0.2) is 0 Å².